The predicted molar refractivity (Wildman–Crippen MR) is 144 cm³/mol. The molecule has 0 saturated carbocycles. The van der Waals surface area contributed by atoms with E-state index in [-0.39, 0.29) is 23.3 Å². The van der Waals surface area contributed by atoms with E-state index >= 15 is 0 Å². The number of amides is 2. The van der Waals surface area contributed by atoms with Crippen molar-refractivity contribution in [3.8, 4) is 23.0 Å². The van der Waals surface area contributed by atoms with Crippen molar-refractivity contribution in [2.45, 2.75) is 25.7 Å². The molecule has 37 heavy (non-hydrogen) atoms. The summed E-state index contributed by atoms with van der Waals surface area (Å²) in [7, 11) is 3.12. The van der Waals surface area contributed by atoms with Crippen LogP contribution in [-0.2, 0) is 9.59 Å². The molecule has 8 heteroatoms. The summed E-state index contributed by atoms with van der Waals surface area (Å²) >= 11 is 0. The standard InChI is InChI=1S/C29H32N2O6/c1-36-23-16-20(17-24(19-23)37-2)18-25(21-11-13-22(32)14-12-21)29(35)30-15-7-3-4-10-28(34)31-26-8-5-6-9-27(26)33/h5-6,8-9,11-14,16-19,32-33H,3-4,7,10,15H2,1-2H3,(H,30,35)(H,31,34)/b25-18-. The summed E-state index contributed by atoms with van der Waals surface area (Å²) in [5.74, 6) is 0.910. The number of para-hydroxylation sites is 2. The van der Waals surface area contributed by atoms with Crippen molar-refractivity contribution in [3.05, 3.63) is 77.9 Å². The summed E-state index contributed by atoms with van der Waals surface area (Å²) in [6, 6.07) is 18.4. The van der Waals surface area contributed by atoms with Gasteiger partial charge in [-0.25, -0.2) is 0 Å². The Morgan fingerprint density at radius 3 is 2.19 bits per heavy atom. The highest BCUT2D eigenvalue weighted by molar-refractivity contribution is 6.24. The fraction of sp³-hybridized carbons (Fsp3) is 0.241. The van der Waals surface area contributed by atoms with Gasteiger partial charge >= 0.3 is 0 Å². The molecule has 0 aromatic heterocycles. The summed E-state index contributed by atoms with van der Waals surface area (Å²) in [6.07, 6.45) is 4.17. The van der Waals surface area contributed by atoms with Gasteiger partial charge in [0.15, 0.2) is 0 Å². The second-order valence-electron chi connectivity index (χ2n) is 8.38. The number of rotatable bonds is 12. The molecule has 0 fully saturated rings. The van der Waals surface area contributed by atoms with Gasteiger partial charge in [0.05, 0.1) is 19.9 Å². The van der Waals surface area contributed by atoms with Crippen LogP contribution >= 0.6 is 0 Å². The molecule has 4 N–H and O–H groups in total. The molecular weight excluding hydrogens is 472 g/mol. The van der Waals surface area contributed by atoms with E-state index in [1.165, 1.54) is 18.2 Å². The molecule has 0 bridgehead atoms. The van der Waals surface area contributed by atoms with Crippen LogP contribution in [0, 0.1) is 0 Å². The maximum absolute atomic E-state index is 13.1. The van der Waals surface area contributed by atoms with Gasteiger partial charge in [-0.1, -0.05) is 30.7 Å². The van der Waals surface area contributed by atoms with E-state index < -0.39 is 0 Å². The lowest BCUT2D eigenvalue weighted by molar-refractivity contribution is -0.117. The van der Waals surface area contributed by atoms with Crippen LogP contribution < -0.4 is 20.1 Å². The normalized spacial score (nSPS) is 11.0. The number of nitrogens with one attached hydrogen (secondary N) is 2. The molecule has 0 aliphatic rings. The van der Waals surface area contributed by atoms with Crippen LogP contribution in [0.15, 0.2) is 66.7 Å². The van der Waals surface area contributed by atoms with Crippen molar-refractivity contribution in [1.82, 2.24) is 5.32 Å². The summed E-state index contributed by atoms with van der Waals surface area (Å²) < 4.78 is 10.7. The van der Waals surface area contributed by atoms with Gasteiger partial charge in [-0.15, -0.1) is 0 Å². The molecule has 0 radical (unpaired) electrons. The van der Waals surface area contributed by atoms with Crippen LogP contribution in [0.2, 0.25) is 0 Å². The van der Waals surface area contributed by atoms with Crippen LogP contribution in [-0.4, -0.2) is 42.8 Å². The largest absolute Gasteiger partial charge is 0.508 e. The Morgan fingerprint density at radius 2 is 1.54 bits per heavy atom. The first-order valence-corrected chi connectivity index (χ1v) is 12.0. The molecule has 0 aliphatic heterocycles. The number of carbonyl (C=O) groups excluding carboxylic acids is 2. The first-order valence-electron chi connectivity index (χ1n) is 12.0. The topological polar surface area (TPSA) is 117 Å². The monoisotopic (exact) mass is 504 g/mol. The lowest BCUT2D eigenvalue weighted by Gasteiger charge is -2.11. The zero-order valence-electron chi connectivity index (χ0n) is 21.0. The van der Waals surface area contributed by atoms with Gasteiger partial charge in [0.25, 0.3) is 5.91 Å². The Balaban J connectivity index is 1.58. The number of anilines is 1. The highest BCUT2D eigenvalue weighted by Gasteiger charge is 2.13. The van der Waals surface area contributed by atoms with E-state index in [1.807, 2.05) is 0 Å². The Bertz CT molecular complexity index is 1220. The number of hydrogen-bond acceptors (Lipinski definition) is 6. The van der Waals surface area contributed by atoms with E-state index in [0.717, 1.165) is 12.0 Å². The first-order chi connectivity index (χ1) is 17.9. The highest BCUT2D eigenvalue weighted by atomic mass is 16.5. The number of hydrogen-bond donors (Lipinski definition) is 4. The van der Waals surface area contributed by atoms with Gasteiger partial charge in [0.2, 0.25) is 5.91 Å². The molecule has 8 nitrogen and oxygen atoms in total. The van der Waals surface area contributed by atoms with Crippen molar-refractivity contribution >= 4 is 29.2 Å². The molecule has 0 spiro atoms. The highest BCUT2D eigenvalue weighted by Crippen LogP contribution is 2.27. The van der Waals surface area contributed by atoms with Crippen LogP contribution in [0.3, 0.4) is 0 Å². The molecular formula is C29H32N2O6. The van der Waals surface area contributed by atoms with Crippen LogP contribution in [0.1, 0.15) is 36.8 Å². The molecule has 0 heterocycles. The van der Waals surface area contributed by atoms with Crippen molar-refractivity contribution in [2.75, 3.05) is 26.1 Å². The Hall–Kier alpha value is -4.46. The van der Waals surface area contributed by atoms with Crippen LogP contribution in [0.4, 0.5) is 5.69 Å². The molecule has 3 aromatic rings. The average Bonchev–Trinajstić information content (AvgIpc) is 2.90. The van der Waals surface area contributed by atoms with E-state index in [9.17, 15) is 19.8 Å². The fourth-order valence-corrected chi connectivity index (χ4v) is 3.68. The molecule has 0 atom stereocenters. The van der Waals surface area contributed by atoms with Crippen molar-refractivity contribution in [1.29, 1.82) is 0 Å². The smallest absolute Gasteiger partial charge is 0.251 e. The molecule has 3 aromatic carbocycles. The SMILES string of the molecule is COc1cc(/C=C(\C(=O)NCCCCCC(=O)Nc2ccccc2O)c2ccc(O)cc2)cc(OC)c1. The lowest BCUT2D eigenvalue weighted by Crippen LogP contribution is -2.25. The molecule has 3 rings (SSSR count). The first kappa shape index (κ1) is 27.1. The number of aromatic hydroxyl groups is 2. The molecule has 0 aliphatic carbocycles. The summed E-state index contributed by atoms with van der Waals surface area (Å²) in [6.45, 7) is 0.441. The van der Waals surface area contributed by atoms with Gasteiger partial charge < -0.3 is 30.3 Å². The summed E-state index contributed by atoms with van der Waals surface area (Å²) in [4.78, 5) is 25.2. The maximum Gasteiger partial charge on any atom is 0.251 e. The van der Waals surface area contributed by atoms with Gasteiger partial charge in [-0.05, 0) is 66.4 Å². The van der Waals surface area contributed by atoms with Gasteiger partial charge in [-0.2, -0.15) is 0 Å². The fourth-order valence-electron chi connectivity index (χ4n) is 3.68. The van der Waals surface area contributed by atoms with E-state index in [0.29, 0.717) is 54.1 Å². The zero-order valence-corrected chi connectivity index (χ0v) is 21.0. The number of phenolic OH excluding ortho intramolecular Hbond substituents is 2. The second kappa shape index (κ2) is 13.6. The third-order valence-electron chi connectivity index (χ3n) is 5.65. The zero-order chi connectivity index (χ0) is 26.6. The lowest BCUT2D eigenvalue weighted by atomic mass is 10.0. The minimum absolute atomic E-state index is 0.0310. The van der Waals surface area contributed by atoms with E-state index in [2.05, 4.69) is 10.6 Å². The minimum Gasteiger partial charge on any atom is -0.508 e. The minimum atomic E-state index is -0.259. The second-order valence-corrected chi connectivity index (χ2v) is 8.38. The summed E-state index contributed by atoms with van der Waals surface area (Å²) in [5.41, 5.74) is 2.20. The van der Waals surface area contributed by atoms with Crippen LogP contribution in [0.25, 0.3) is 11.6 Å². The van der Waals surface area contributed by atoms with Crippen LogP contribution in [0.5, 0.6) is 23.0 Å². The molecule has 194 valence electrons. The van der Waals surface area contributed by atoms with Gasteiger partial charge in [0.1, 0.15) is 23.0 Å². The van der Waals surface area contributed by atoms with Gasteiger partial charge in [-0.3, -0.25) is 9.59 Å². The Labute approximate surface area is 216 Å². The number of carbonyl (C=O) groups is 2. The van der Waals surface area contributed by atoms with Crippen molar-refractivity contribution in [3.63, 3.8) is 0 Å². The maximum atomic E-state index is 13.1. The van der Waals surface area contributed by atoms with Crippen molar-refractivity contribution in [2.24, 2.45) is 0 Å². The number of benzene rings is 3. The molecule has 2 amide bonds. The van der Waals surface area contributed by atoms with Crippen molar-refractivity contribution < 1.29 is 29.3 Å². The number of unbranched alkanes of at least 4 members (excludes halogenated alkanes) is 2. The van der Waals surface area contributed by atoms with E-state index in [1.54, 1.807) is 68.8 Å². The predicted octanol–water partition coefficient (Wildman–Crippen LogP) is 4.97. The number of methoxy groups -OCH3 is 2. The van der Waals surface area contributed by atoms with E-state index in [4.69, 9.17) is 9.47 Å². The third kappa shape index (κ3) is 8.31. The number of phenols is 2. The Kier molecular flexibility index (Phi) is 9.96. The molecule has 0 saturated heterocycles. The average molecular weight is 505 g/mol. The Morgan fingerprint density at radius 1 is 0.865 bits per heavy atom. The van der Waals surface area contributed by atoms with Gasteiger partial charge in [0, 0.05) is 24.6 Å². The quantitative estimate of drug-likeness (QED) is 0.120. The number of ether oxygens (including phenoxy) is 2. The summed E-state index contributed by atoms with van der Waals surface area (Å²) in [5, 5.41) is 25.1. The molecule has 0 unspecified atom stereocenters. The third-order valence-corrected chi connectivity index (χ3v) is 5.65.